The number of aryl methyl sites for hydroxylation is 1. The quantitative estimate of drug-likeness (QED) is 0.112. The molecule has 14 nitrogen and oxygen atoms in total. The number of benzene rings is 2. The highest BCUT2D eigenvalue weighted by molar-refractivity contribution is 6.30. The van der Waals surface area contributed by atoms with Crippen LogP contribution in [0.25, 0.3) is 22.2 Å². The zero-order chi connectivity index (χ0) is 43.2. The number of carbonyl (C=O) groups excluding carboxylic acids is 3. The van der Waals surface area contributed by atoms with E-state index < -0.39 is 5.54 Å². The van der Waals surface area contributed by atoms with Crippen LogP contribution in [0.4, 0.5) is 11.5 Å². The van der Waals surface area contributed by atoms with E-state index in [0.29, 0.717) is 55.6 Å². The fraction of sp³-hybridized carbons (Fsp3) is 0.447. The van der Waals surface area contributed by atoms with Gasteiger partial charge in [0.1, 0.15) is 17.8 Å². The van der Waals surface area contributed by atoms with Crippen molar-refractivity contribution < 1.29 is 14.4 Å². The number of nitrogens with two attached hydrogens (primary N) is 1. The van der Waals surface area contributed by atoms with Gasteiger partial charge in [0.15, 0.2) is 5.69 Å². The van der Waals surface area contributed by atoms with E-state index in [4.69, 9.17) is 17.3 Å². The molecule has 8 rings (SSSR count). The monoisotopic (exact) mass is 859 g/mol. The first kappa shape index (κ1) is 43.2. The lowest BCUT2D eigenvalue weighted by atomic mass is 9.87. The van der Waals surface area contributed by atoms with Gasteiger partial charge in [0.25, 0.3) is 5.91 Å². The number of nitrogens with zero attached hydrogens (tertiary/aromatic N) is 7. The summed E-state index contributed by atoms with van der Waals surface area (Å²) >= 11 is 6.27. The number of carbonyl (C=O) groups is 3. The number of piperazine rings is 1. The van der Waals surface area contributed by atoms with Gasteiger partial charge >= 0.3 is 0 Å². The van der Waals surface area contributed by atoms with Crippen molar-refractivity contribution in [2.24, 2.45) is 11.7 Å². The number of H-pyrrole nitrogens is 1. The number of anilines is 2. The molecule has 3 aliphatic heterocycles. The molecule has 6 heterocycles. The summed E-state index contributed by atoms with van der Waals surface area (Å²) in [4.78, 5) is 65.6. The Bertz CT molecular complexity index is 2350. The molecule has 0 bridgehead atoms. The van der Waals surface area contributed by atoms with E-state index >= 15 is 0 Å². The largest absolute Gasteiger partial charge is 0.356 e. The number of nitrogens with one attached hydrogen (secondary N) is 3. The second-order valence-corrected chi connectivity index (χ2v) is 17.6. The van der Waals surface area contributed by atoms with Crippen molar-refractivity contribution in [3.8, 4) is 11.1 Å². The molecule has 0 radical (unpaired) electrons. The van der Waals surface area contributed by atoms with Crippen LogP contribution in [0, 0.1) is 5.92 Å². The van der Waals surface area contributed by atoms with E-state index in [9.17, 15) is 14.4 Å². The van der Waals surface area contributed by atoms with Crippen LogP contribution in [-0.4, -0.2) is 123 Å². The first-order valence-corrected chi connectivity index (χ1v) is 22.4. The van der Waals surface area contributed by atoms with Crippen molar-refractivity contribution in [1.29, 1.82) is 0 Å². The van der Waals surface area contributed by atoms with Gasteiger partial charge in [-0.3, -0.25) is 14.4 Å². The number of hydrogen-bond donors (Lipinski definition) is 4. The van der Waals surface area contributed by atoms with Gasteiger partial charge in [-0.25, -0.2) is 15.0 Å². The Morgan fingerprint density at radius 1 is 0.903 bits per heavy atom. The highest BCUT2D eigenvalue weighted by Gasteiger charge is 2.39. The summed E-state index contributed by atoms with van der Waals surface area (Å²) in [6.45, 7) is 11.8. The number of halogens is 1. The lowest BCUT2D eigenvalue weighted by Gasteiger charge is -2.40. The van der Waals surface area contributed by atoms with Gasteiger partial charge in [-0.2, -0.15) is 0 Å². The predicted molar refractivity (Wildman–Crippen MR) is 244 cm³/mol. The van der Waals surface area contributed by atoms with Gasteiger partial charge in [-0.1, -0.05) is 54.9 Å². The summed E-state index contributed by atoms with van der Waals surface area (Å²) in [7, 11) is 0. The molecule has 3 fully saturated rings. The molecule has 5 N–H and O–H groups in total. The molecule has 3 amide bonds. The van der Waals surface area contributed by atoms with Crippen LogP contribution in [0.15, 0.2) is 79.4 Å². The van der Waals surface area contributed by atoms with E-state index in [1.165, 1.54) is 12.5 Å². The molecule has 2 aromatic carbocycles. The van der Waals surface area contributed by atoms with Crippen LogP contribution >= 0.6 is 11.6 Å². The number of rotatable bonds is 13. The molecule has 1 atom stereocenters. The Hall–Kier alpha value is -5.41. The standard InChI is InChI=1S/C47H58ClN11O3/c1-3-33-5-4-6-36(27-33)37-28-41(54-32(2)60)42(51-29-37)45(61)59-19-12-34(13-20-59)30-57-25-23-56(24-26-57)18-14-40(35-7-9-38(48)10-8-35)55-46(62)47(49)15-21-58(22-16-47)44-39-11-17-50-43(39)52-31-53-44/h4-11,17,27-29,31,34,40H,3,12-16,18-26,30,49H2,1-2H3,(H,54,60)(H,55,62)(H,50,52,53)/t40-/m0/s1. The molecule has 0 aliphatic carbocycles. The fourth-order valence-corrected chi connectivity index (χ4v) is 9.29. The van der Waals surface area contributed by atoms with Crippen molar-refractivity contribution in [2.75, 3.05) is 75.7 Å². The number of hydrogen-bond acceptors (Lipinski definition) is 10. The van der Waals surface area contributed by atoms with Gasteiger partial charge in [0, 0.05) is 95.4 Å². The van der Waals surface area contributed by atoms with Crippen LogP contribution < -0.4 is 21.3 Å². The van der Waals surface area contributed by atoms with Crippen molar-refractivity contribution in [3.63, 3.8) is 0 Å². The lowest BCUT2D eigenvalue weighted by Crippen LogP contribution is -2.60. The van der Waals surface area contributed by atoms with Crippen molar-refractivity contribution in [3.05, 3.63) is 101 Å². The van der Waals surface area contributed by atoms with E-state index in [-0.39, 0.29) is 29.5 Å². The summed E-state index contributed by atoms with van der Waals surface area (Å²) in [5.74, 6) is 0.848. The molecule has 3 aliphatic rings. The van der Waals surface area contributed by atoms with E-state index in [1.807, 2.05) is 59.6 Å². The number of amides is 3. The molecule has 62 heavy (non-hydrogen) atoms. The zero-order valence-corrected chi connectivity index (χ0v) is 36.5. The Labute approximate surface area is 368 Å². The summed E-state index contributed by atoms with van der Waals surface area (Å²) in [6.07, 6.45) is 9.70. The molecular formula is C47H58ClN11O3. The van der Waals surface area contributed by atoms with Crippen LogP contribution in [0.5, 0.6) is 0 Å². The average Bonchev–Trinajstić information content (AvgIpc) is 3.78. The third kappa shape index (κ3) is 10.1. The van der Waals surface area contributed by atoms with E-state index in [2.05, 4.69) is 64.3 Å². The van der Waals surface area contributed by atoms with Crippen LogP contribution in [0.1, 0.15) is 73.6 Å². The Balaban J connectivity index is 0.809. The maximum Gasteiger partial charge on any atom is 0.274 e. The molecule has 0 spiro atoms. The number of fused-ring (bicyclic) bond motifs is 1. The predicted octanol–water partition coefficient (Wildman–Crippen LogP) is 5.91. The Kier molecular flexibility index (Phi) is 13.5. The van der Waals surface area contributed by atoms with E-state index in [0.717, 1.165) is 98.5 Å². The second kappa shape index (κ2) is 19.3. The van der Waals surface area contributed by atoms with Gasteiger partial charge < -0.3 is 41.0 Å². The molecule has 3 saturated heterocycles. The first-order valence-electron chi connectivity index (χ1n) is 22.0. The summed E-state index contributed by atoms with van der Waals surface area (Å²) < 4.78 is 0. The molecular weight excluding hydrogens is 802 g/mol. The van der Waals surface area contributed by atoms with Crippen molar-refractivity contribution in [2.45, 2.75) is 64.0 Å². The average molecular weight is 861 g/mol. The normalized spacial score (nSPS) is 18.1. The van der Waals surface area contributed by atoms with Crippen molar-refractivity contribution >= 4 is 51.9 Å². The highest BCUT2D eigenvalue weighted by atomic mass is 35.5. The molecule has 5 aromatic rings. The van der Waals surface area contributed by atoms with E-state index in [1.54, 1.807) is 12.5 Å². The van der Waals surface area contributed by atoms with Crippen molar-refractivity contribution in [1.82, 2.24) is 40.0 Å². The SMILES string of the molecule is CCc1cccc(-c2cnc(C(=O)N3CCC(CN4CCN(CC[C@H](NC(=O)C5(N)CCN(c6ncnc7[nH]ccc67)CC5)c5ccc(Cl)cc5)CC4)CC3)c(NC(C)=O)c2)c1. The minimum atomic E-state index is -0.986. The van der Waals surface area contributed by atoms with Gasteiger partial charge in [0.2, 0.25) is 11.8 Å². The maximum atomic E-state index is 14.0. The number of pyridine rings is 1. The van der Waals surface area contributed by atoms with Crippen LogP contribution in [0.3, 0.4) is 0 Å². The van der Waals surface area contributed by atoms with Crippen LogP contribution in [-0.2, 0) is 16.0 Å². The molecule has 0 unspecified atom stereocenters. The second-order valence-electron chi connectivity index (χ2n) is 17.2. The number of piperidine rings is 2. The summed E-state index contributed by atoms with van der Waals surface area (Å²) in [6, 6.07) is 19.6. The molecule has 326 valence electrons. The van der Waals surface area contributed by atoms with Gasteiger partial charge in [-0.15, -0.1) is 0 Å². The van der Waals surface area contributed by atoms with Gasteiger partial charge in [-0.05, 0) is 85.4 Å². The molecule has 3 aromatic heterocycles. The minimum absolute atomic E-state index is 0.125. The smallest absolute Gasteiger partial charge is 0.274 e. The summed E-state index contributed by atoms with van der Waals surface area (Å²) in [5.41, 5.74) is 11.5. The third-order valence-electron chi connectivity index (χ3n) is 13.0. The first-order chi connectivity index (χ1) is 30.0. The number of aromatic amines is 1. The summed E-state index contributed by atoms with van der Waals surface area (Å²) in [5, 5.41) is 7.83. The lowest BCUT2D eigenvalue weighted by molar-refractivity contribution is -0.128. The highest BCUT2D eigenvalue weighted by Crippen LogP contribution is 2.31. The number of likely N-dealkylation sites (tertiary alicyclic amines) is 1. The van der Waals surface area contributed by atoms with Gasteiger partial charge in [0.05, 0.1) is 22.7 Å². The number of aromatic nitrogens is 4. The minimum Gasteiger partial charge on any atom is -0.356 e. The van der Waals surface area contributed by atoms with Crippen LogP contribution in [0.2, 0.25) is 5.02 Å². The third-order valence-corrected chi connectivity index (χ3v) is 13.3. The molecule has 15 heteroatoms. The Morgan fingerprint density at radius 2 is 1.65 bits per heavy atom. The maximum absolute atomic E-state index is 14.0. The fourth-order valence-electron chi connectivity index (χ4n) is 9.16. The topological polar surface area (TPSA) is 169 Å². The zero-order valence-electron chi connectivity index (χ0n) is 35.8. The molecule has 0 saturated carbocycles. The Morgan fingerprint density at radius 3 is 2.37 bits per heavy atom.